The molecule has 1 saturated heterocycles. The molecule has 0 radical (unpaired) electrons. The molecule has 0 aromatic heterocycles. The Morgan fingerprint density at radius 3 is 2.85 bits per heavy atom. The number of nitrogens with zero attached hydrogens (tertiary/aromatic N) is 2. The van der Waals surface area contributed by atoms with E-state index in [9.17, 15) is 4.79 Å². The van der Waals surface area contributed by atoms with E-state index in [1.165, 1.54) is 0 Å². The lowest BCUT2D eigenvalue weighted by atomic mass is 10.0. The summed E-state index contributed by atoms with van der Waals surface area (Å²) in [5.41, 5.74) is 1.74. The largest absolute Gasteiger partial charge is 0.378 e. The summed E-state index contributed by atoms with van der Waals surface area (Å²) < 4.78 is 5.28. The van der Waals surface area contributed by atoms with Gasteiger partial charge in [-0.3, -0.25) is 0 Å². The molecule has 0 unspecified atom stereocenters. The predicted octanol–water partition coefficient (Wildman–Crippen LogP) is 1.82. The maximum absolute atomic E-state index is 11.8. The van der Waals surface area contributed by atoms with Crippen LogP contribution in [0.3, 0.4) is 0 Å². The molecule has 0 aliphatic carbocycles. The van der Waals surface area contributed by atoms with Gasteiger partial charge in [0.25, 0.3) is 0 Å². The zero-order chi connectivity index (χ0) is 13.9. The minimum Gasteiger partial charge on any atom is -0.378 e. The van der Waals surface area contributed by atoms with Crippen LogP contribution in [-0.4, -0.2) is 42.9 Å². The van der Waals surface area contributed by atoms with Gasteiger partial charge in [-0.05, 0) is 12.1 Å². The molecule has 5 nitrogen and oxygen atoms in total. The standard InChI is InChI=1S/C14H13ClN2O3/c15-11-3-1-2-10(8-11)13-12(14(18)20-16-13)9-17-4-6-19-7-5-17/h1-3,8-9H,4-7H2. The minimum atomic E-state index is -0.438. The van der Waals surface area contributed by atoms with Crippen LogP contribution in [0.1, 0.15) is 5.56 Å². The lowest BCUT2D eigenvalue weighted by molar-refractivity contribution is -0.137. The van der Waals surface area contributed by atoms with E-state index in [2.05, 4.69) is 5.16 Å². The van der Waals surface area contributed by atoms with Gasteiger partial charge in [0, 0.05) is 29.9 Å². The number of rotatable bonds is 2. The Morgan fingerprint density at radius 2 is 2.10 bits per heavy atom. The Balaban J connectivity index is 1.90. The van der Waals surface area contributed by atoms with Crippen molar-refractivity contribution in [3.05, 3.63) is 46.6 Å². The lowest BCUT2D eigenvalue weighted by Gasteiger charge is -2.25. The molecule has 6 heteroatoms. The van der Waals surface area contributed by atoms with Gasteiger partial charge >= 0.3 is 5.97 Å². The molecular formula is C14H13ClN2O3. The molecule has 1 aromatic carbocycles. The van der Waals surface area contributed by atoms with Crippen molar-refractivity contribution in [2.45, 2.75) is 0 Å². The second kappa shape index (κ2) is 5.64. The quantitative estimate of drug-likeness (QED) is 0.616. The molecule has 2 heterocycles. The molecule has 0 spiro atoms. The van der Waals surface area contributed by atoms with Gasteiger partial charge in [-0.25, -0.2) is 4.79 Å². The number of carbonyl (C=O) groups excluding carboxylic acids is 1. The van der Waals surface area contributed by atoms with Gasteiger partial charge in [-0.1, -0.05) is 28.9 Å². The van der Waals surface area contributed by atoms with Gasteiger partial charge in [0.15, 0.2) is 0 Å². The molecule has 20 heavy (non-hydrogen) atoms. The highest BCUT2D eigenvalue weighted by Crippen LogP contribution is 2.21. The fourth-order valence-electron chi connectivity index (χ4n) is 2.13. The average Bonchev–Trinajstić information content (AvgIpc) is 2.82. The molecule has 0 atom stereocenters. The first-order chi connectivity index (χ1) is 9.74. The summed E-state index contributed by atoms with van der Waals surface area (Å²) in [6, 6.07) is 7.19. The topological polar surface area (TPSA) is 51.1 Å². The second-order valence-corrected chi connectivity index (χ2v) is 4.96. The lowest BCUT2D eigenvalue weighted by Crippen LogP contribution is -2.33. The molecule has 104 valence electrons. The van der Waals surface area contributed by atoms with E-state index in [-0.39, 0.29) is 0 Å². The number of ether oxygens (including phenoxy) is 1. The Hall–Kier alpha value is -1.85. The Labute approximate surface area is 121 Å². The zero-order valence-electron chi connectivity index (χ0n) is 10.7. The number of benzene rings is 1. The van der Waals surface area contributed by atoms with Gasteiger partial charge in [-0.15, -0.1) is 0 Å². The summed E-state index contributed by atoms with van der Waals surface area (Å²) in [6.45, 7) is 2.81. The Bertz CT molecular complexity index is 592. The van der Waals surface area contributed by atoms with E-state index < -0.39 is 5.97 Å². The molecule has 1 aromatic rings. The van der Waals surface area contributed by atoms with Crippen LogP contribution in [0.15, 0.2) is 41.2 Å². The van der Waals surface area contributed by atoms with Crippen molar-refractivity contribution >= 4 is 23.3 Å². The second-order valence-electron chi connectivity index (χ2n) is 4.52. The Morgan fingerprint density at radius 1 is 1.30 bits per heavy atom. The number of oxime groups is 1. The maximum atomic E-state index is 11.8. The van der Waals surface area contributed by atoms with E-state index in [1.807, 2.05) is 17.0 Å². The molecule has 0 amide bonds. The predicted molar refractivity (Wildman–Crippen MR) is 74.6 cm³/mol. The van der Waals surface area contributed by atoms with Crippen LogP contribution in [-0.2, 0) is 14.4 Å². The van der Waals surface area contributed by atoms with Crippen LogP contribution < -0.4 is 0 Å². The highest BCUT2D eigenvalue weighted by atomic mass is 35.5. The normalized spacial score (nSPS) is 21.1. The SMILES string of the molecule is O=C1ON=C(c2cccc(Cl)c2)C1=CN1CCOCC1. The molecule has 3 rings (SSSR count). The zero-order valence-corrected chi connectivity index (χ0v) is 11.5. The van der Waals surface area contributed by atoms with Crippen molar-refractivity contribution in [3.8, 4) is 0 Å². The van der Waals surface area contributed by atoms with Crippen molar-refractivity contribution in [2.24, 2.45) is 5.16 Å². The fraction of sp³-hybridized carbons (Fsp3) is 0.286. The van der Waals surface area contributed by atoms with E-state index in [0.29, 0.717) is 29.5 Å². The summed E-state index contributed by atoms with van der Waals surface area (Å²) in [5, 5.41) is 4.45. The van der Waals surface area contributed by atoms with Crippen molar-refractivity contribution in [2.75, 3.05) is 26.3 Å². The van der Waals surface area contributed by atoms with Crippen molar-refractivity contribution in [3.63, 3.8) is 0 Å². The van der Waals surface area contributed by atoms with Crippen LogP contribution in [0.4, 0.5) is 0 Å². The average molecular weight is 293 g/mol. The van der Waals surface area contributed by atoms with Gasteiger partial charge in [0.05, 0.1) is 13.2 Å². The molecule has 2 aliphatic heterocycles. The van der Waals surface area contributed by atoms with E-state index in [4.69, 9.17) is 21.2 Å². The first kappa shape index (κ1) is 13.1. The third-order valence-electron chi connectivity index (χ3n) is 3.15. The molecule has 1 fully saturated rings. The summed E-state index contributed by atoms with van der Waals surface area (Å²) in [6.07, 6.45) is 1.79. The summed E-state index contributed by atoms with van der Waals surface area (Å²) in [5.74, 6) is -0.438. The minimum absolute atomic E-state index is 0.438. The third-order valence-corrected chi connectivity index (χ3v) is 3.39. The Kier molecular flexibility index (Phi) is 3.71. The smallest absolute Gasteiger partial charge is 0.369 e. The van der Waals surface area contributed by atoms with Gasteiger partial charge in [0.2, 0.25) is 0 Å². The van der Waals surface area contributed by atoms with Crippen LogP contribution in [0, 0.1) is 0 Å². The maximum Gasteiger partial charge on any atom is 0.369 e. The van der Waals surface area contributed by atoms with E-state index in [1.54, 1.807) is 18.3 Å². The highest BCUT2D eigenvalue weighted by molar-refractivity contribution is 6.32. The number of carbonyl (C=O) groups is 1. The number of morpholine rings is 1. The molecule has 0 N–H and O–H groups in total. The third kappa shape index (κ3) is 2.69. The van der Waals surface area contributed by atoms with Crippen LogP contribution in [0.25, 0.3) is 0 Å². The summed E-state index contributed by atoms with van der Waals surface area (Å²) in [4.78, 5) is 18.6. The van der Waals surface area contributed by atoms with Gasteiger partial charge < -0.3 is 14.5 Å². The highest BCUT2D eigenvalue weighted by Gasteiger charge is 2.28. The number of hydrogen-bond donors (Lipinski definition) is 0. The van der Waals surface area contributed by atoms with Crippen LogP contribution in [0.2, 0.25) is 5.02 Å². The molecule has 0 saturated carbocycles. The van der Waals surface area contributed by atoms with Crippen molar-refractivity contribution < 1.29 is 14.4 Å². The summed E-state index contributed by atoms with van der Waals surface area (Å²) in [7, 11) is 0. The first-order valence-corrected chi connectivity index (χ1v) is 6.71. The number of hydrogen-bond acceptors (Lipinski definition) is 5. The van der Waals surface area contributed by atoms with Crippen LogP contribution >= 0.6 is 11.6 Å². The van der Waals surface area contributed by atoms with E-state index >= 15 is 0 Å². The van der Waals surface area contributed by atoms with Gasteiger partial charge in [-0.2, -0.15) is 0 Å². The van der Waals surface area contributed by atoms with Crippen molar-refractivity contribution in [1.29, 1.82) is 0 Å². The molecule has 2 aliphatic rings. The molecule has 0 bridgehead atoms. The summed E-state index contributed by atoms with van der Waals surface area (Å²) >= 11 is 5.97. The van der Waals surface area contributed by atoms with Crippen molar-refractivity contribution in [1.82, 2.24) is 4.90 Å². The first-order valence-electron chi connectivity index (χ1n) is 6.33. The molecular weight excluding hydrogens is 280 g/mol. The van der Waals surface area contributed by atoms with Gasteiger partial charge in [0.1, 0.15) is 11.3 Å². The monoisotopic (exact) mass is 292 g/mol. The van der Waals surface area contributed by atoms with Crippen LogP contribution in [0.5, 0.6) is 0 Å². The van der Waals surface area contributed by atoms with E-state index in [0.717, 1.165) is 18.7 Å². The fourth-order valence-corrected chi connectivity index (χ4v) is 2.32. The number of halogens is 1.